The molecule has 1 aliphatic heterocycles. The van der Waals surface area contributed by atoms with Crippen molar-refractivity contribution in [1.82, 2.24) is 25.2 Å². The van der Waals surface area contributed by atoms with E-state index in [9.17, 15) is 9.59 Å². The molecule has 2 aromatic heterocycles. The lowest BCUT2D eigenvalue weighted by molar-refractivity contribution is -0.118. The third-order valence-corrected chi connectivity index (χ3v) is 5.85. The number of anilines is 2. The summed E-state index contributed by atoms with van der Waals surface area (Å²) in [5.74, 6) is 0.725. The fraction of sp³-hybridized carbons (Fsp3) is 0.417. The van der Waals surface area contributed by atoms with Crippen LogP contribution >= 0.6 is 0 Å². The van der Waals surface area contributed by atoms with E-state index in [-0.39, 0.29) is 11.8 Å². The van der Waals surface area contributed by atoms with E-state index in [2.05, 4.69) is 20.3 Å². The second-order valence-corrected chi connectivity index (χ2v) is 8.18. The summed E-state index contributed by atoms with van der Waals surface area (Å²) < 4.78 is 0. The summed E-state index contributed by atoms with van der Waals surface area (Å²) in [6.45, 7) is 4.09. The Labute approximate surface area is 188 Å². The smallest absolute Gasteiger partial charge is 0.253 e. The number of benzene rings is 1. The van der Waals surface area contributed by atoms with E-state index in [4.69, 9.17) is 0 Å². The van der Waals surface area contributed by atoms with Crippen LogP contribution in [0.4, 0.5) is 11.5 Å². The summed E-state index contributed by atoms with van der Waals surface area (Å²) in [5, 5.41) is 3.74. The largest absolute Gasteiger partial charge is 0.355 e. The van der Waals surface area contributed by atoms with Crippen molar-refractivity contribution in [2.24, 2.45) is 0 Å². The molecule has 8 nitrogen and oxygen atoms in total. The zero-order valence-corrected chi connectivity index (χ0v) is 18.5. The third-order valence-electron chi connectivity index (χ3n) is 5.85. The summed E-state index contributed by atoms with van der Waals surface area (Å²) >= 11 is 0. The number of likely N-dealkylation sites (tertiary alicyclic amines) is 1. The fourth-order valence-electron chi connectivity index (χ4n) is 4.21. The predicted octanol–water partition coefficient (Wildman–Crippen LogP) is 3.64. The number of fused-ring (bicyclic) bond motifs is 1. The first-order valence-corrected chi connectivity index (χ1v) is 11.3. The Morgan fingerprint density at radius 3 is 2.66 bits per heavy atom. The number of aromatic nitrogens is 3. The van der Waals surface area contributed by atoms with Crippen molar-refractivity contribution in [2.75, 3.05) is 31.1 Å². The molecule has 0 spiro atoms. The standard InChI is InChI=1S/C24H30N6O2/c1-18(31)25-12-15-30(23-21-10-11-26-22(21)27-17-28-23)20-9-7-8-19(16-20)24(32)29-13-5-3-2-4-6-14-29/h7-11,16-17H,2-6,12-15H2,1H3,(H,25,31)(H,26,27,28). The van der Waals surface area contributed by atoms with Crippen molar-refractivity contribution in [1.29, 1.82) is 0 Å². The highest BCUT2D eigenvalue weighted by Gasteiger charge is 2.20. The van der Waals surface area contributed by atoms with Crippen molar-refractivity contribution in [3.8, 4) is 0 Å². The number of rotatable bonds is 6. The van der Waals surface area contributed by atoms with Crippen LogP contribution in [0.3, 0.4) is 0 Å². The molecule has 1 aliphatic rings. The molecule has 0 radical (unpaired) electrons. The Hall–Kier alpha value is -3.42. The van der Waals surface area contributed by atoms with Crippen LogP contribution in [0.5, 0.6) is 0 Å². The number of carbonyl (C=O) groups is 2. The number of hydrogen-bond acceptors (Lipinski definition) is 5. The van der Waals surface area contributed by atoms with Gasteiger partial charge in [-0.25, -0.2) is 9.97 Å². The van der Waals surface area contributed by atoms with Crippen LogP contribution < -0.4 is 10.2 Å². The molecule has 0 bridgehead atoms. The molecule has 0 saturated carbocycles. The van der Waals surface area contributed by atoms with Gasteiger partial charge < -0.3 is 20.1 Å². The van der Waals surface area contributed by atoms with Gasteiger partial charge in [-0.15, -0.1) is 0 Å². The number of carbonyl (C=O) groups excluding carboxylic acids is 2. The highest BCUT2D eigenvalue weighted by molar-refractivity contribution is 5.96. The average molecular weight is 435 g/mol. The Morgan fingerprint density at radius 2 is 1.88 bits per heavy atom. The molecule has 3 aromatic rings. The SMILES string of the molecule is CC(=O)NCCN(c1cccc(C(=O)N2CCCCCCC2)c1)c1ncnc2[nH]ccc12. The molecule has 2 amide bonds. The van der Waals surface area contributed by atoms with E-state index >= 15 is 0 Å². The van der Waals surface area contributed by atoms with E-state index in [1.54, 1.807) is 0 Å². The molecule has 3 heterocycles. The van der Waals surface area contributed by atoms with Crippen LogP contribution in [0, 0.1) is 0 Å². The summed E-state index contributed by atoms with van der Waals surface area (Å²) in [7, 11) is 0. The molecule has 0 aliphatic carbocycles. The van der Waals surface area contributed by atoms with Crippen molar-refractivity contribution in [3.63, 3.8) is 0 Å². The number of nitrogens with one attached hydrogen (secondary N) is 2. The number of H-pyrrole nitrogens is 1. The van der Waals surface area contributed by atoms with E-state index in [0.29, 0.717) is 18.7 Å². The molecule has 8 heteroatoms. The first-order chi connectivity index (χ1) is 15.6. The van der Waals surface area contributed by atoms with Crippen molar-refractivity contribution < 1.29 is 9.59 Å². The van der Waals surface area contributed by atoms with Crippen LogP contribution in [0.15, 0.2) is 42.9 Å². The van der Waals surface area contributed by atoms with Crippen LogP contribution in [0.25, 0.3) is 11.0 Å². The van der Waals surface area contributed by atoms with Gasteiger partial charge in [-0.3, -0.25) is 9.59 Å². The van der Waals surface area contributed by atoms with Crippen LogP contribution in [-0.2, 0) is 4.79 Å². The Bertz CT molecular complexity index is 1070. The maximum Gasteiger partial charge on any atom is 0.253 e. The molecule has 2 N–H and O–H groups in total. The van der Waals surface area contributed by atoms with Crippen molar-refractivity contribution >= 4 is 34.4 Å². The molecule has 0 atom stereocenters. The highest BCUT2D eigenvalue weighted by Crippen LogP contribution is 2.29. The number of nitrogens with zero attached hydrogens (tertiary/aromatic N) is 4. The van der Waals surface area contributed by atoms with Gasteiger partial charge in [0.1, 0.15) is 17.8 Å². The minimum atomic E-state index is -0.0829. The van der Waals surface area contributed by atoms with E-state index < -0.39 is 0 Å². The van der Waals surface area contributed by atoms with Gasteiger partial charge >= 0.3 is 0 Å². The van der Waals surface area contributed by atoms with Gasteiger partial charge in [0.05, 0.1) is 5.39 Å². The van der Waals surface area contributed by atoms with Gasteiger partial charge in [0, 0.05) is 50.6 Å². The minimum Gasteiger partial charge on any atom is -0.355 e. The Kier molecular flexibility index (Phi) is 6.99. The second-order valence-electron chi connectivity index (χ2n) is 8.18. The van der Waals surface area contributed by atoms with E-state index in [1.165, 1.54) is 32.5 Å². The molecule has 32 heavy (non-hydrogen) atoms. The minimum absolute atomic E-state index is 0.0741. The summed E-state index contributed by atoms with van der Waals surface area (Å²) in [6.07, 6.45) is 9.09. The lowest BCUT2D eigenvalue weighted by atomic mass is 10.1. The summed E-state index contributed by atoms with van der Waals surface area (Å²) in [6, 6.07) is 9.62. The molecule has 0 unspecified atom stereocenters. The monoisotopic (exact) mass is 434 g/mol. The van der Waals surface area contributed by atoms with Crippen molar-refractivity contribution in [2.45, 2.75) is 39.0 Å². The number of amides is 2. The number of hydrogen-bond donors (Lipinski definition) is 2. The lowest BCUT2D eigenvalue weighted by Gasteiger charge is -2.27. The maximum absolute atomic E-state index is 13.3. The van der Waals surface area contributed by atoms with Gasteiger partial charge in [0.15, 0.2) is 0 Å². The predicted molar refractivity (Wildman–Crippen MR) is 125 cm³/mol. The van der Waals surface area contributed by atoms with Crippen LogP contribution in [-0.4, -0.2) is 57.8 Å². The van der Waals surface area contributed by atoms with Gasteiger partial charge in [0.25, 0.3) is 5.91 Å². The van der Waals surface area contributed by atoms with E-state index in [0.717, 1.165) is 48.5 Å². The summed E-state index contributed by atoms with van der Waals surface area (Å²) in [4.78, 5) is 40.6. The molecule has 1 fully saturated rings. The van der Waals surface area contributed by atoms with Crippen LogP contribution in [0.1, 0.15) is 49.4 Å². The number of aromatic amines is 1. The third kappa shape index (κ3) is 5.07. The average Bonchev–Trinajstić information content (AvgIpc) is 3.25. The van der Waals surface area contributed by atoms with Gasteiger partial charge in [-0.2, -0.15) is 0 Å². The molecular weight excluding hydrogens is 404 g/mol. The van der Waals surface area contributed by atoms with Gasteiger partial charge in [0.2, 0.25) is 5.91 Å². The fourth-order valence-corrected chi connectivity index (χ4v) is 4.21. The molecule has 1 saturated heterocycles. The van der Waals surface area contributed by atoms with Gasteiger partial charge in [-0.05, 0) is 37.1 Å². The van der Waals surface area contributed by atoms with E-state index in [1.807, 2.05) is 46.3 Å². The Balaban J connectivity index is 1.64. The highest BCUT2D eigenvalue weighted by atomic mass is 16.2. The molecular formula is C24H30N6O2. The first kappa shape index (κ1) is 21.8. The zero-order valence-electron chi connectivity index (χ0n) is 18.5. The maximum atomic E-state index is 13.3. The normalized spacial score (nSPS) is 14.6. The van der Waals surface area contributed by atoms with Gasteiger partial charge in [-0.1, -0.05) is 25.3 Å². The van der Waals surface area contributed by atoms with Crippen molar-refractivity contribution in [3.05, 3.63) is 48.4 Å². The molecule has 168 valence electrons. The second kappa shape index (κ2) is 10.3. The zero-order chi connectivity index (χ0) is 22.3. The first-order valence-electron chi connectivity index (χ1n) is 11.3. The van der Waals surface area contributed by atoms with Crippen LogP contribution in [0.2, 0.25) is 0 Å². The topological polar surface area (TPSA) is 94.2 Å². The quantitative estimate of drug-likeness (QED) is 0.618. The molecule has 1 aromatic carbocycles. The Morgan fingerprint density at radius 1 is 1.09 bits per heavy atom. The summed E-state index contributed by atoms with van der Waals surface area (Å²) in [5.41, 5.74) is 2.27. The molecule has 4 rings (SSSR count). The lowest BCUT2D eigenvalue weighted by Crippen LogP contribution is -2.34.